The minimum Gasteiger partial charge on any atom is -0.462 e. The zero-order chi connectivity index (χ0) is 60.9. The van der Waals surface area contributed by atoms with Crippen molar-refractivity contribution < 1.29 is 139 Å². The summed E-state index contributed by atoms with van der Waals surface area (Å²) in [5.74, 6) is 1.12. The number of carbonyl (C=O) groups excluding carboxylic acids is 1. The van der Waals surface area contributed by atoms with Crippen LogP contribution in [0.15, 0.2) is 0 Å². The lowest BCUT2D eigenvalue weighted by Crippen LogP contribution is -2.68. The molecule has 0 radical (unpaired) electrons. The molecule has 9 rings (SSSR count). The molecular weight excluding hydrogens is 1120 g/mol. The third kappa shape index (κ3) is 13.2. The van der Waals surface area contributed by atoms with Crippen molar-refractivity contribution in [2.24, 2.45) is 46.3 Å². The molecule has 28 heteroatoms. The second-order valence-corrected chi connectivity index (χ2v) is 25.9. The van der Waals surface area contributed by atoms with Crippen LogP contribution in [0.3, 0.4) is 0 Å². The van der Waals surface area contributed by atoms with E-state index in [0.29, 0.717) is 37.0 Å². The van der Waals surface area contributed by atoms with E-state index in [1.54, 1.807) is 0 Å². The van der Waals surface area contributed by atoms with Gasteiger partial charge in [-0.05, 0) is 105 Å². The zero-order valence-electron chi connectivity index (χ0n) is 48.1. The topological polar surface area (TPSA) is 442 Å². The summed E-state index contributed by atoms with van der Waals surface area (Å²) in [5, 5.41) is 170. The van der Waals surface area contributed by atoms with E-state index >= 15 is 0 Å². The van der Waals surface area contributed by atoms with Gasteiger partial charge in [0, 0.05) is 12.3 Å². The molecule has 9 aliphatic rings. The SMILES string of the molecule is CC[C@H]1[C@@H](OC(=O)CCC(C)CO[C@@H]2O[C@H](CO)[C@@H](O)[C@H](O)[C@H]2O)C[C@H]2[C@@H]3CC[C@H]4C[C@@H](O[C@@H]5O[C@H](CO)[C@H](O[C@@H]6O[C@H](CO)[C@@H](O)[C@H](O[C@@H]7OC[C@@H](O)[C@H](O)[C@H]7O)[C@H]6O[C@@H]6O[C@H](CO)[C@@H](O)[C@H](O)[C@H]6O)[C@H](O)[C@H]5O)CC[C@]4(C)[C@H]3CC[C@@]21C. The summed E-state index contributed by atoms with van der Waals surface area (Å²) >= 11 is 0. The van der Waals surface area contributed by atoms with Crippen LogP contribution in [0.2, 0.25) is 0 Å². The number of hydrogen-bond acceptors (Lipinski definition) is 28. The van der Waals surface area contributed by atoms with Gasteiger partial charge in [0.05, 0.1) is 45.7 Å². The second kappa shape index (κ2) is 27.9. The molecule has 0 amide bonds. The molecule has 0 spiro atoms. The van der Waals surface area contributed by atoms with Gasteiger partial charge < -0.3 is 134 Å². The fourth-order valence-electron chi connectivity index (χ4n) is 15.9. The molecule has 4 saturated carbocycles. The summed E-state index contributed by atoms with van der Waals surface area (Å²) in [6.45, 7) is 5.19. The maximum absolute atomic E-state index is 13.5. The highest BCUT2D eigenvalue weighted by Gasteiger charge is 2.64. The second-order valence-electron chi connectivity index (χ2n) is 25.9. The van der Waals surface area contributed by atoms with Crippen LogP contribution in [0.1, 0.15) is 98.3 Å². The number of hydrogen-bond donors (Lipinski definition) is 16. The average molecular weight is 1220 g/mol. The Morgan fingerprint density at radius 3 is 1.74 bits per heavy atom. The number of aliphatic hydroxyl groups is 16. The predicted octanol–water partition coefficient (Wildman–Crippen LogP) is -4.89. The average Bonchev–Trinajstić information content (AvgIpc) is 1.66. The largest absolute Gasteiger partial charge is 0.462 e. The Kier molecular flexibility index (Phi) is 22.2. The van der Waals surface area contributed by atoms with Gasteiger partial charge in [0.2, 0.25) is 0 Å². The van der Waals surface area contributed by atoms with Gasteiger partial charge in [-0.25, -0.2) is 0 Å². The summed E-state index contributed by atoms with van der Waals surface area (Å²) in [6, 6.07) is 0. The Bertz CT molecular complexity index is 2100. The van der Waals surface area contributed by atoms with E-state index in [0.717, 1.165) is 44.9 Å². The van der Waals surface area contributed by atoms with Crippen LogP contribution in [0.4, 0.5) is 0 Å². The van der Waals surface area contributed by atoms with Gasteiger partial charge in [0.1, 0.15) is 122 Å². The minimum absolute atomic E-state index is 0.0289. The van der Waals surface area contributed by atoms with Crippen molar-refractivity contribution in [1.82, 2.24) is 0 Å². The molecule has 34 atom stereocenters. The number of rotatable bonds is 20. The maximum Gasteiger partial charge on any atom is 0.306 e. The van der Waals surface area contributed by atoms with E-state index < -0.39 is 187 Å². The van der Waals surface area contributed by atoms with Gasteiger partial charge in [-0.3, -0.25) is 4.79 Å². The molecule has 28 nitrogen and oxygen atoms in total. The van der Waals surface area contributed by atoms with Crippen molar-refractivity contribution in [2.75, 3.05) is 39.6 Å². The Morgan fingerprint density at radius 1 is 0.536 bits per heavy atom. The Labute approximate surface area is 487 Å². The van der Waals surface area contributed by atoms with Crippen LogP contribution >= 0.6 is 0 Å². The Morgan fingerprint density at radius 2 is 1.08 bits per heavy atom. The Hall–Kier alpha value is -1.57. The normalized spacial score (nSPS) is 52.0. The summed E-state index contributed by atoms with van der Waals surface area (Å²) in [4.78, 5) is 13.5. The van der Waals surface area contributed by atoms with Crippen LogP contribution in [0, 0.1) is 46.3 Å². The quantitative estimate of drug-likeness (QED) is 0.0401. The van der Waals surface area contributed by atoms with Crippen molar-refractivity contribution in [3.8, 4) is 0 Å². The van der Waals surface area contributed by atoms with Crippen molar-refractivity contribution in [2.45, 2.75) is 258 Å². The fourth-order valence-corrected chi connectivity index (χ4v) is 15.9. The van der Waals surface area contributed by atoms with E-state index in [9.17, 15) is 86.5 Å². The third-order valence-corrected chi connectivity index (χ3v) is 20.9. The fraction of sp³-hybridized carbons (Fsp3) is 0.982. The number of carbonyl (C=O) groups is 1. The highest BCUT2D eigenvalue weighted by molar-refractivity contribution is 5.69. The molecule has 16 N–H and O–H groups in total. The highest BCUT2D eigenvalue weighted by atomic mass is 16.8. The van der Waals surface area contributed by atoms with Crippen LogP contribution in [0.5, 0.6) is 0 Å². The monoisotopic (exact) mass is 1210 g/mol. The molecule has 5 heterocycles. The smallest absolute Gasteiger partial charge is 0.306 e. The summed E-state index contributed by atoms with van der Waals surface area (Å²) in [5.41, 5.74) is -0.0799. The Balaban J connectivity index is 0.815. The number of ether oxygens (including phenoxy) is 11. The molecule has 4 aliphatic carbocycles. The van der Waals surface area contributed by atoms with Gasteiger partial charge in [-0.15, -0.1) is 0 Å². The van der Waals surface area contributed by atoms with Crippen LogP contribution < -0.4 is 0 Å². The predicted molar refractivity (Wildman–Crippen MR) is 279 cm³/mol. The standard InChI is InChI=1S/C56H94O28/c1-5-26-30(77-35(62)9-6-22(2)20-74-50-44(71)40(67)37(64)31(16-57)78-50)15-28-25-8-7-23-14-24(10-12-55(23,3)27(25)11-13-56(26,28)4)76-52-46(73)42(69)47(34(19-60)81-52)82-54-49(84-53-45(72)41(68)38(65)32(17-58)79-53)48(39(66)33(18-59)80-54)83-51-43(70)36(63)29(61)21-75-51/h22-34,36-54,57-61,63-73H,5-21H2,1-4H3/t22?,23-,24-,25+,26-,27-,28-,29+,30-,31+,32+,33+,34+,36-,37+,38+,39+,40-,41-,42+,43+,44+,45+,46+,47-,48-,49+,50+,51-,52+,53-,54-,55-,56+/m0/s1. The highest BCUT2D eigenvalue weighted by Crippen LogP contribution is 2.68. The maximum atomic E-state index is 13.5. The lowest BCUT2D eigenvalue weighted by Gasteiger charge is -2.61. The van der Waals surface area contributed by atoms with Gasteiger partial charge in [-0.1, -0.05) is 27.7 Å². The lowest BCUT2D eigenvalue weighted by atomic mass is 9.44. The molecule has 9 fully saturated rings. The molecule has 0 bridgehead atoms. The van der Waals surface area contributed by atoms with E-state index in [2.05, 4.69) is 20.8 Å². The first-order valence-corrected chi connectivity index (χ1v) is 30.2. The van der Waals surface area contributed by atoms with Gasteiger partial charge in [0.15, 0.2) is 31.5 Å². The zero-order valence-corrected chi connectivity index (χ0v) is 48.1. The molecule has 0 aromatic rings. The van der Waals surface area contributed by atoms with Crippen molar-refractivity contribution in [1.29, 1.82) is 0 Å². The van der Waals surface area contributed by atoms with E-state index in [1.807, 2.05) is 6.92 Å². The first-order valence-electron chi connectivity index (χ1n) is 30.2. The van der Waals surface area contributed by atoms with Crippen LogP contribution in [0.25, 0.3) is 0 Å². The minimum atomic E-state index is -2.03. The molecule has 0 aromatic heterocycles. The molecule has 486 valence electrons. The molecule has 84 heavy (non-hydrogen) atoms. The van der Waals surface area contributed by atoms with Gasteiger partial charge >= 0.3 is 5.97 Å². The van der Waals surface area contributed by atoms with Crippen molar-refractivity contribution in [3.63, 3.8) is 0 Å². The molecular formula is C56H94O28. The first kappa shape index (κ1) is 66.8. The van der Waals surface area contributed by atoms with Gasteiger partial charge in [0.25, 0.3) is 0 Å². The number of aliphatic hydroxyl groups excluding tert-OH is 16. The van der Waals surface area contributed by atoms with Crippen LogP contribution in [-0.2, 0) is 56.9 Å². The van der Waals surface area contributed by atoms with Gasteiger partial charge in [-0.2, -0.15) is 0 Å². The van der Waals surface area contributed by atoms with E-state index in [-0.39, 0.29) is 53.7 Å². The van der Waals surface area contributed by atoms with Crippen molar-refractivity contribution in [3.05, 3.63) is 0 Å². The molecule has 5 saturated heterocycles. The molecule has 0 aromatic carbocycles. The van der Waals surface area contributed by atoms with Crippen LogP contribution in [-0.4, -0.2) is 287 Å². The number of esters is 1. The van der Waals surface area contributed by atoms with Crippen molar-refractivity contribution >= 4 is 5.97 Å². The summed E-state index contributed by atoms with van der Waals surface area (Å²) < 4.78 is 65.3. The summed E-state index contributed by atoms with van der Waals surface area (Å²) in [6.07, 6.45) is -33.0. The summed E-state index contributed by atoms with van der Waals surface area (Å²) in [7, 11) is 0. The lowest BCUT2D eigenvalue weighted by molar-refractivity contribution is -0.404. The third-order valence-electron chi connectivity index (χ3n) is 20.9. The molecule has 5 aliphatic heterocycles. The van der Waals surface area contributed by atoms with E-state index in [4.69, 9.17) is 52.1 Å². The first-order chi connectivity index (χ1) is 39.9. The number of fused-ring (bicyclic) bond motifs is 5. The molecule has 1 unspecified atom stereocenters. The van der Waals surface area contributed by atoms with E-state index in [1.165, 1.54) is 0 Å².